The van der Waals surface area contributed by atoms with Crippen molar-refractivity contribution in [3.8, 4) is 0 Å². The van der Waals surface area contributed by atoms with Crippen LogP contribution in [0.2, 0.25) is 0 Å². The summed E-state index contributed by atoms with van der Waals surface area (Å²) >= 11 is 0. The van der Waals surface area contributed by atoms with Gasteiger partial charge in [-0.25, -0.2) is 0 Å². The fourth-order valence-corrected chi connectivity index (χ4v) is 2.41. The molecule has 5 nitrogen and oxygen atoms in total. The minimum atomic E-state index is -0.705. The van der Waals surface area contributed by atoms with Crippen molar-refractivity contribution in [3.05, 3.63) is 0 Å². The second kappa shape index (κ2) is 7.36. The van der Waals surface area contributed by atoms with Gasteiger partial charge in [-0.2, -0.15) is 0 Å². The highest BCUT2D eigenvalue weighted by molar-refractivity contribution is 5.78. The Balaban J connectivity index is 2.21. The van der Waals surface area contributed by atoms with Crippen molar-refractivity contribution in [2.24, 2.45) is 11.8 Å². The number of carboxylic acids is 1. The minimum Gasteiger partial charge on any atom is -0.481 e. The first-order valence-corrected chi connectivity index (χ1v) is 6.77. The van der Waals surface area contributed by atoms with E-state index in [9.17, 15) is 9.59 Å². The van der Waals surface area contributed by atoms with Gasteiger partial charge in [-0.1, -0.05) is 13.3 Å². The topological polar surface area (TPSA) is 78.4 Å². The maximum Gasteiger partial charge on any atom is 0.306 e. The Morgan fingerprint density at radius 2 is 2.11 bits per heavy atom. The molecule has 0 radical (unpaired) electrons. The van der Waals surface area contributed by atoms with Gasteiger partial charge < -0.3 is 15.7 Å². The van der Waals surface area contributed by atoms with E-state index in [1.54, 1.807) is 0 Å². The Labute approximate surface area is 108 Å². The summed E-state index contributed by atoms with van der Waals surface area (Å²) in [4.78, 5) is 22.5. The molecule has 1 saturated carbocycles. The zero-order valence-electron chi connectivity index (χ0n) is 11.2. The molecule has 3 N–H and O–H groups in total. The molecule has 0 bridgehead atoms. The van der Waals surface area contributed by atoms with Crippen LogP contribution in [0.4, 0.5) is 0 Å². The van der Waals surface area contributed by atoms with Crippen molar-refractivity contribution < 1.29 is 14.7 Å². The van der Waals surface area contributed by atoms with Crippen molar-refractivity contribution in [1.82, 2.24) is 10.6 Å². The Bertz CT molecular complexity index is 294. The highest BCUT2D eigenvalue weighted by atomic mass is 16.4. The van der Waals surface area contributed by atoms with E-state index >= 15 is 0 Å². The molecular formula is C13H24N2O3. The number of hydrogen-bond donors (Lipinski definition) is 3. The number of carbonyl (C=O) groups excluding carboxylic acids is 1. The molecule has 3 unspecified atom stereocenters. The number of hydrogen-bond acceptors (Lipinski definition) is 3. The van der Waals surface area contributed by atoms with Crippen LogP contribution >= 0.6 is 0 Å². The highest BCUT2D eigenvalue weighted by Crippen LogP contribution is 2.31. The summed E-state index contributed by atoms with van der Waals surface area (Å²) in [5.74, 6) is -0.799. The van der Waals surface area contributed by atoms with Gasteiger partial charge in [0.05, 0.1) is 12.5 Å². The predicted molar refractivity (Wildman–Crippen MR) is 69.2 cm³/mol. The van der Waals surface area contributed by atoms with Crippen molar-refractivity contribution in [3.63, 3.8) is 0 Å². The van der Waals surface area contributed by atoms with Gasteiger partial charge in [0.2, 0.25) is 5.91 Å². The second-order valence-corrected chi connectivity index (χ2v) is 5.14. The van der Waals surface area contributed by atoms with Gasteiger partial charge in [0.25, 0.3) is 0 Å². The number of nitrogens with one attached hydrogen (secondary N) is 2. The summed E-state index contributed by atoms with van der Waals surface area (Å²) in [5.41, 5.74) is 0. The van der Waals surface area contributed by atoms with Crippen LogP contribution < -0.4 is 10.6 Å². The van der Waals surface area contributed by atoms with Gasteiger partial charge in [0.15, 0.2) is 0 Å². The van der Waals surface area contributed by atoms with Gasteiger partial charge >= 0.3 is 5.97 Å². The lowest BCUT2D eigenvalue weighted by Crippen LogP contribution is -2.40. The summed E-state index contributed by atoms with van der Waals surface area (Å²) < 4.78 is 0. The third-order valence-corrected chi connectivity index (χ3v) is 3.69. The van der Waals surface area contributed by atoms with Gasteiger partial charge in [-0.15, -0.1) is 0 Å². The van der Waals surface area contributed by atoms with E-state index < -0.39 is 5.97 Å². The molecule has 0 spiro atoms. The average molecular weight is 256 g/mol. The van der Waals surface area contributed by atoms with E-state index in [1.807, 2.05) is 13.8 Å². The summed E-state index contributed by atoms with van der Waals surface area (Å²) in [7, 11) is 0. The SMILES string of the molecule is CCC(C)NC(=O)CNCC1CCCC1C(=O)O. The van der Waals surface area contributed by atoms with Crippen molar-refractivity contribution in [1.29, 1.82) is 0 Å². The number of amides is 1. The highest BCUT2D eigenvalue weighted by Gasteiger charge is 2.32. The molecule has 1 fully saturated rings. The molecule has 0 saturated heterocycles. The Kier molecular flexibility index (Phi) is 6.12. The summed E-state index contributed by atoms with van der Waals surface area (Å²) in [6, 6.07) is 0.192. The molecule has 0 aromatic heterocycles. The van der Waals surface area contributed by atoms with E-state index in [0.29, 0.717) is 6.54 Å². The largest absolute Gasteiger partial charge is 0.481 e. The van der Waals surface area contributed by atoms with E-state index in [1.165, 1.54) is 0 Å². The number of aliphatic carboxylic acids is 1. The Hall–Kier alpha value is -1.10. The Morgan fingerprint density at radius 3 is 2.72 bits per heavy atom. The van der Waals surface area contributed by atoms with Crippen LogP contribution in [-0.4, -0.2) is 36.1 Å². The van der Waals surface area contributed by atoms with E-state index in [-0.39, 0.29) is 30.3 Å². The molecule has 3 atom stereocenters. The lowest BCUT2D eigenvalue weighted by atomic mass is 9.96. The van der Waals surface area contributed by atoms with E-state index in [2.05, 4.69) is 10.6 Å². The van der Waals surface area contributed by atoms with Gasteiger partial charge in [0, 0.05) is 6.04 Å². The molecule has 104 valence electrons. The first-order chi connectivity index (χ1) is 8.54. The number of carbonyl (C=O) groups is 2. The molecule has 1 aliphatic rings. The maximum absolute atomic E-state index is 11.5. The summed E-state index contributed by atoms with van der Waals surface area (Å²) in [6.07, 6.45) is 3.59. The fraction of sp³-hybridized carbons (Fsp3) is 0.846. The molecule has 0 aromatic rings. The van der Waals surface area contributed by atoms with Gasteiger partial charge in [-0.3, -0.25) is 9.59 Å². The third-order valence-electron chi connectivity index (χ3n) is 3.69. The molecule has 0 aromatic carbocycles. The molecular weight excluding hydrogens is 232 g/mol. The van der Waals surface area contributed by atoms with E-state index in [4.69, 9.17) is 5.11 Å². The molecule has 5 heteroatoms. The van der Waals surface area contributed by atoms with E-state index in [0.717, 1.165) is 25.7 Å². The molecule has 0 heterocycles. The normalized spacial score (nSPS) is 24.8. The molecule has 18 heavy (non-hydrogen) atoms. The lowest BCUT2D eigenvalue weighted by molar-refractivity contribution is -0.142. The second-order valence-electron chi connectivity index (χ2n) is 5.14. The fourth-order valence-electron chi connectivity index (χ4n) is 2.41. The number of carboxylic acid groups (broad SMARTS) is 1. The Morgan fingerprint density at radius 1 is 1.39 bits per heavy atom. The van der Waals surface area contributed by atoms with Crippen molar-refractivity contribution in [2.75, 3.05) is 13.1 Å². The predicted octanol–water partition coefficient (Wildman–Crippen LogP) is 0.992. The molecule has 0 aliphatic heterocycles. The van der Waals surface area contributed by atoms with Crippen LogP contribution in [0, 0.1) is 11.8 Å². The van der Waals surface area contributed by atoms with Crippen molar-refractivity contribution >= 4 is 11.9 Å². The van der Waals surface area contributed by atoms with Gasteiger partial charge in [0.1, 0.15) is 0 Å². The first kappa shape index (κ1) is 15.0. The molecule has 1 aliphatic carbocycles. The monoisotopic (exact) mass is 256 g/mol. The zero-order valence-corrected chi connectivity index (χ0v) is 11.2. The van der Waals surface area contributed by atoms with Crippen LogP contribution in [0.1, 0.15) is 39.5 Å². The maximum atomic E-state index is 11.5. The zero-order chi connectivity index (χ0) is 13.5. The van der Waals surface area contributed by atoms with Crippen molar-refractivity contribution in [2.45, 2.75) is 45.6 Å². The lowest BCUT2D eigenvalue weighted by Gasteiger charge is -2.17. The number of rotatable bonds is 7. The smallest absolute Gasteiger partial charge is 0.306 e. The standard InChI is InChI=1S/C13H24N2O3/c1-3-9(2)15-12(16)8-14-7-10-5-4-6-11(10)13(17)18/h9-11,14H,3-8H2,1-2H3,(H,15,16)(H,17,18). The van der Waals surface area contributed by atoms with Crippen LogP contribution in [0.25, 0.3) is 0 Å². The van der Waals surface area contributed by atoms with Crippen LogP contribution in [-0.2, 0) is 9.59 Å². The third kappa shape index (κ3) is 4.64. The minimum absolute atomic E-state index is 0.0192. The van der Waals surface area contributed by atoms with Gasteiger partial charge in [-0.05, 0) is 38.6 Å². The quantitative estimate of drug-likeness (QED) is 0.635. The molecule has 1 rings (SSSR count). The summed E-state index contributed by atoms with van der Waals surface area (Å²) in [5, 5.41) is 15.0. The average Bonchev–Trinajstić information content (AvgIpc) is 2.77. The van der Waals surface area contributed by atoms with Crippen LogP contribution in [0.3, 0.4) is 0 Å². The van der Waals surface area contributed by atoms with Crippen LogP contribution in [0.15, 0.2) is 0 Å². The van der Waals surface area contributed by atoms with Crippen LogP contribution in [0.5, 0.6) is 0 Å². The molecule has 1 amide bonds. The summed E-state index contributed by atoms with van der Waals surface area (Å²) in [6.45, 7) is 4.88. The first-order valence-electron chi connectivity index (χ1n) is 6.77.